The summed E-state index contributed by atoms with van der Waals surface area (Å²) in [5, 5.41) is 17.2. The minimum atomic E-state index is -4.31. The van der Waals surface area contributed by atoms with Gasteiger partial charge in [0.1, 0.15) is 18.3 Å². The SMILES string of the molecule is Nc1nc2c(ncn2[C@@H]2O[C@H](CO)C[C@H]2OP(=O)(S)OC[C@H]2O[C@@H](n3nnc4c(=O)[nH]cnc43)[C@@H](F)[C@@H]2O[PH](=O)S)c(=O)[nH]1. The van der Waals surface area contributed by atoms with E-state index in [0.29, 0.717) is 0 Å². The van der Waals surface area contributed by atoms with Crippen LogP contribution in [0.5, 0.6) is 0 Å². The highest BCUT2D eigenvalue weighted by atomic mass is 32.7. The van der Waals surface area contributed by atoms with Crippen molar-refractivity contribution in [2.24, 2.45) is 0 Å². The van der Waals surface area contributed by atoms with E-state index in [4.69, 9.17) is 28.8 Å². The van der Waals surface area contributed by atoms with Crippen molar-refractivity contribution in [1.29, 1.82) is 0 Å². The number of halogens is 1. The molecule has 2 aliphatic heterocycles. The van der Waals surface area contributed by atoms with Crippen LogP contribution in [0.2, 0.25) is 0 Å². The largest absolute Gasteiger partial charge is 0.394 e. The Morgan fingerprint density at radius 3 is 2.77 bits per heavy atom. The van der Waals surface area contributed by atoms with Gasteiger partial charge < -0.3 is 29.8 Å². The average molecular weight is 697 g/mol. The van der Waals surface area contributed by atoms with Gasteiger partial charge in [-0.25, -0.2) is 18.9 Å². The van der Waals surface area contributed by atoms with Gasteiger partial charge in [-0.2, -0.15) is 9.67 Å². The molecule has 2 aliphatic rings. The molecule has 0 aromatic carbocycles. The number of fused-ring (bicyclic) bond motifs is 2. The second kappa shape index (κ2) is 12.2. The third-order valence-corrected chi connectivity index (χ3v) is 9.19. The van der Waals surface area contributed by atoms with E-state index < -0.39 is 81.4 Å². The third kappa shape index (κ3) is 5.96. The standard InChI is InChI=1S/C19H23FN10O10P2S2/c20-9-12(39-41(34)43)8(38-18(9)30-13-11(27-28-30)15(32)23-4-22-13)3-36-42(35,44)40-7-1-6(2-31)37-17(7)29-5-24-10-14(29)25-19(21)26-16(10)33/h4-9,12,17-18,31,41H,1-3H2,(H,34,43)(H,35,44)(H,22,23,32)(H3,21,25,26,33)/t6-,7+,8+,9-,12+,17+,18+,42?/m0/s1. The number of alkyl halides is 1. The van der Waals surface area contributed by atoms with Crippen molar-refractivity contribution < 1.29 is 41.7 Å². The number of nitrogens with one attached hydrogen (secondary N) is 2. The molecule has 0 radical (unpaired) electrons. The molecule has 6 heterocycles. The number of aromatic nitrogens is 9. The summed E-state index contributed by atoms with van der Waals surface area (Å²) in [5.41, 5.74) is 4.15. The number of rotatable bonds is 10. The minimum Gasteiger partial charge on any atom is -0.394 e. The van der Waals surface area contributed by atoms with Crippen LogP contribution in [0.3, 0.4) is 0 Å². The van der Waals surface area contributed by atoms with Crippen molar-refractivity contribution in [2.45, 2.75) is 49.5 Å². The number of aliphatic hydroxyl groups is 1. The summed E-state index contributed by atoms with van der Waals surface area (Å²) < 4.78 is 70.9. The minimum absolute atomic E-state index is 0.0147. The number of anilines is 1. The molecule has 0 saturated carbocycles. The molecule has 44 heavy (non-hydrogen) atoms. The van der Waals surface area contributed by atoms with Gasteiger partial charge in [0.2, 0.25) is 13.2 Å². The van der Waals surface area contributed by atoms with Gasteiger partial charge in [-0.1, -0.05) is 29.7 Å². The lowest BCUT2D eigenvalue weighted by molar-refractivity contribution is -0.0538. The molecule has 5 N–H and O–H groups in total. The monoisotopic (exact) mass is 696 g/mol. The fourth-order valence-electron chi connectivity index (χ4n) is 4.90. The predicted octanol–water partition coefficient (Wildman–Crippen LogP) is -0.110. The maximum absolute atomic E-state index is 15.6. The summed E-state index contributed by atoms with van der Waals surface area (Å²) in [6, 6.07) is 0. The van der Waals surface area contributed by atoms with Crippen molar-refractivity contribution in [3.8, 4) is 0 Å². The molecule has 238 valence electrons. The maximum atomic E-state index is 15.6. The van der Waals surface area contributed by atoms with E-state index in [2.05, 4.69) is 59.7 Å². The molecule has 0 amide bonds. The molecule has 2 unspecified atom stereocenters. The van der Waals surface area contributed by atoms with Crippen LogP contribution in [-0.2, 0) is 32.2 Å². The van der Waals surface area contributed by atoms with Crippen molar-refractivity contribution in [3.63, 3.8) is 0 Å². The molecular weight excluding hydrogens is 673 g/mol. The van der Waals surface area contributed by atoms with Crippen LogP contribution in [0.1, 0.15) is 18.9 Å². The predicted molar refractivity (Wildman–Crippen MR) is 153 cm³/mol. The first-order valence-corrected chi connectivity index (χ1v) is 17.9. The van der Waals surface area contributed by atoms with Crippen molar-refractivity contribution in [3.05, 3.63) is 33.4 Å². The lowest BCUT2D eigenvalue weighted by Crippen LogP contribution is -2.32. The number of nitrogen functional groups attached to an aromatic ring is 1. The zero-order valence-corrected chi connectivity index (χ0v) is 25.5. The van der Waals surface area contributed by atoms with E-state index in [-0.39, 0.29) is 34.7 Å². The molecule has 9 atom stereocenters. The van der Waals surface area contributed by atoms with Crippen LogP contribution >= 0.6 is 38.5 Å². The summed E-state index contributed by atoms with van der Waals surface area (Å²) >= 11 is 7.77. The first kappa shape index (κ1) is 31.3. The van der Waals surface area contributed by atoms with Gasteiger partial charge in [-0.3, -0.25) is 32.8 Å². The Hall–Kier alpha value is -2.72. The molecule has 4 aromatic heterocycles. The van der Waals surface area contributed by atoms with Crippen molar-refractivity contribution in [1.82, 2.24) is 44.5 Å². The lowest BCUT2D eigenvalue weighted by Gasteiger charge is -2.24. The highest BCUT2D eigenvalue weighted by Gasteiger charge is 2.50. The summed E-state index contributed by atoms with van der Waals surface area (Å²) in [5.74, 6) is -0.190. The van der Waals surface area contributed by atoms with Gasteiger partial charge in [0.05, 0.1) is 32.0 Å². The number of nitrogens with two attached hydrogens (primary N) is 1. The van der Waals surface area contributed by atoms with Crippen LogP contribution in [-0.4, -0.2) is 93.4 Å². The van der Waals surface area contributed by atoms with E-state index in [9.17, 15) is 23.8 Å². The number of hydrogen-bond donors (Lipinski definition) is 6. The molecule has 4 aromatic rings. The topological polar surface area (TPSA) is 267 Å². The van der Waals surface area contributed by atoms with Crippen LogP contribution in [0.4, 0.5) is 10.3 Å². The number of hydrogen-bond acceptors (Lipinski definition) is 16. The zero-order chi connectivity index (χ0) is 31.3. The number of aromatic amines is 2. The molecule has 0 aliphatic carbocycles. The molecule has 20 nitrogen and oxygen atoms in total. The molecule has 0 bridgehead atoms. The van der Waals surface area contributed by atoms with Crippen LogP contribution in [0.15, 0.2) is 22.2 Å². The fourth-order valence-corrected chi connectivity index (χ4v) is 7.27. The first-order valence-electron chi connectivity index (χ1n) is 12.6. The van der Waals surface area contributed by atoms with E-state index in [1.165, 1.54) is 10.9 Å². The number of nitrogens with zero attached hydrogens (tertiary/aromatic N) is 7. The van der Waals surface area contributed by atoms with Gasteiger partial charge in [0, 0.05) is 6.42 Å². The molecule has 0 spiro atoms. The Balaban J connectivity index is 1.21. The second-order valence-corrected chi connectivity index (χ2v) is 14.3. The number of thiol groups is 2. The van der Waals surface area contributed by atoms with Crippen molar-refractivity contribution >= 4 is 66.8 Å². The molecule has 6 rings (SSSR count). The second-order valence-electron chi connectivity index (χ2n) is 9.55. The summed E-state index contributed by atoms with van der Waals surface area (Å²) in [7, 11) is -3.01. The fraction of sp³-hybridized carbons (Fsp3) is 0.526. The number of ether oxygens (including phenoxy) is 2. The average Bonchev–Trinajstić information content (AvgIpc) is 3.73. The van der Waals surface area contributed by atoms with Crippen LogP contribution < -0.4 is 16.9 Å². The third-order valence-electron chi connectivity index (χ3n) is 6.76. The van der Waals surface area contributed by atoms with E-state index >= 15 is 4.39 Å². The summed E-state index contributed by atoms with van der Waals surface area (Å²) in [6.07, 6.45) is -7.11. The number of imidazole rings is 1. The maximum Gasteiger partial charge on any atom is 0.386 e. The number of H-pyrrole nitrogens is 2. The Morgan fingerprint density at radius 1 is 1.23 bits per heavy atom. The normalized spacial score (nSPS) is 29.4. The Kier molecular flexibility index (Phi) is 8.69. The molecule has 2 saturated heterocycles. The number of aliphatic hydroxyl groups excluding tert-OH is 1. The van der Waals surface area contributed by atoms with Gasteiger partial charge >= 0.3 is 6.80 Å². The summed E-state index contributed by atoms with van der Waals surface area (Å²) in [4.78, 5) is 40.9. The highest BCUT2D eigenvalue weighted by Crippen LogP contribution is 2.57. The van der Waals surface area contributed by atoms with E-state index in [0.717, 1.165) is 11.0 Å². The lowest BCUT2D eigenvalue weighted by atomic mass is 10.1. The Labute approximate surface area is 254 Å². The summed E-state index contributed by atoms with van der Waals surface area (Å²) in [6.45, 7) is -5.38. The molecular formula is C19H23FN10O10P2S2. The molecule has 25 heteroatoms. The smallest absolute Gasteiger partial charge is 0.386 e. The zero-order valence-electron chi connectivity index (χ0n) is 21.9. The van der Waals surface area contributed by atoms with Gasteiger partial charge in [0.15, 0.2) is 41.0 Å². The first-order chi connectivity index (χ1) is 21.0. The van der Waals surface area contributed by atoms with Gasteiger partial charge in [-0.15, -0.1) is 5.10 Å². The van der Waals surface area contributed by atoms with Crippen LogP contribution in [0, 0.1) is 0 Å². The Morgan fingerprint density at radius 2 is 2.02 bits per heavy atom. The van der Waals surface area contributed by atoms with Crippen LogP contribution in [0.25, 0.3) is 22.3 Å². The molecule has 2 fully saturated rings. The van der Waals surface area contributed by atoms with Gasteiger partial charge in [0.25, 0.3) is 11.1 Å². The van der Waals surface area contributed by atoms with Gasteiger partial charge in [-0.05, 0) is 0 Å². The van der Waals surface area contributed by atoms with E-state index in [1.54, 1.807) is 0 Å². The van der Waals surface area contributed by atoms with Crippen molar-refractivity contribution in [2.75, 3.05) is 18.9 Å². The quantitative estimate of drug-likeness (QED) is 0.0933. The van der Waals surface area contributed by atoms with E-state index in [1.807, 2.05) is 0 Å². The Bertz CT molecular complexity index is 1890. The highest BCUT2D eigenvalue weighted by molar-refractivity contribution is 8.44.